The zero-order valence-electron chi connectivity index (χ0n) is 12.2. The van der Waals surface area contributed by atoms with E-state index < -0.39 is 11.0 Å². The van der Waals surface area contributed by atoms with Crippen LogP contribution >= 0.6 is 0 Å². The molecule has 0 aliphatic heterocycles. The second kappa shape index (κ2) is 7.69. The lowest BCUT2D eigenvalue weighted by Crippen LogP contribution is -2.24. The molecule has 0 aliphatic carbocycles. The van der Waals surface area contributed by atoms with Crippen molar-refractivity contribution in [3.63, 3.8) is 0 Å². The smallest absolute Gasteiger partial charge is 0.273 e. The summed E-state index contributed by atoms with van der Waals surface area (Å²) in [5.41, 5.74) is 1.38. The minimum absolute atomic E-state index is 0.0349. The fourth-order valence-corrected chi connectivity index (χ4v) is 1.65. The number of nitro groups is 1. The number of nitro benzene ring substituents is 1. The Balaban J connectivity index is 2.82. The Kier molecular flexibility index (Phi) is 6.24. The molecule has 0 aromatic heterocycles. The molecule has 0 fully saturated rings. The third kappa shape index (κ3) is 5.05. The molecule has 0 spiro atoms. The second-order valence-electron chi connectivity index (χ2n) is 5.14. The molecule has 0 saturated heterocycles. The van der Waals surface area contributed by atoms with Gasteiger partial charge in [0.25, 0.3) is 5.69 Å². The van der Waals surface area contributed by atoms with E-state index in [1.165, 1.54) is 12.1 Å². The first-order valence-electron chi connectivity index (χ1n) is 6.89. The van der Waals surface area contributed by atoms with Gasteiger partial charge in [-0.2, -0.15) is 0 Å². The number of aliphatic hydroxyl groups is 1. The summed E-state index contributed by atoms with van der Waals surface area (Å²) in [6.07, 6.45) is 0.457. The van der Waals surface area contributed by atoms with Gasteiger partial charge >= 0.3 is 0 Å². The average Bonchev–Trinajstić information content (AvgIpc) is 2.42. The molecular formula is C14H23N3O3. The fraction of sp³-hybridized carbons (Fsp3) is 0.571. The first kappa shape index (κ1) is 16.2. The quantitative estimate of drug-likeness (QED) is 0.504. The normalized spacial score (nSPS) is 12.2. The first-order chi connectivity index (χ1) is 9.43. The summed E-state index contributed by atoms with van der Waals surface area (Å²) in [6, 6.07) is 4.81. The largest absolute Gasteiger partial charge is 0.391 e. The highest BCUT2D eigenvalue weighted by molar-refractivity contribution is 5.63. The molecule has 20 heavy (non-hydrogen) atoms. The van der Waals surface area contributed by atoms with Gasteiger partial charge < -0.3 is 15.7 Å². The highest BCUT2D eigenvalue weighted by Gasteiger charge is 2.12. The minimum Gasteiger partial charge on any atom is -0.391 e. The number of aliphatic hydroxyl groups excluding tert-OH is 1. The van der Waals surface area contributed by atoms with Crippen molar-refractivity contribution in [3.8, 4) is 0 Å². The van der Waals surface area contributed by atoms with Gasteiger partial charge in [0.1, 0.15) is 0 Å². The van der Waals surface area contributed by atoms with Crippen molar-refractivity contribution in [2.45, 2.75) is 33.3 Å². The highest BCUT2D eigenvalue weighted by Crippen LogP contribution is 2.24. The summed E-state index contributed by atoms with van der Waals surface area (Å²) in [5.74, 6) is 0.138. The zero-order chi connectivity index (χ0) is 15.1. The van der Waals surface area contributed by atoms with E-state index in [0.717, 1.165) is 13.0 Å². The van der Waals surface area contributed by atoms with Crippen molar-refractivity contribution in [1.29, 1.82) is 0 Å². The maximum atomic E-state index is 10.9. The van der Waals surface area contributed by atoms with E-state index >= 15 is 0 Å². The van der Waals surface area contributed by atoms with Gasteiger partial charge in [0.2, 0.25) is 0 Å². The number of anilines is 2. The van der Waals surface area contributed by atoms with E-state index in [0.29, 0.717) is 17.9 Å². The van der Waals surface area contributed by atoms with Crippen LogP contribution in [0.5, 0.6) is 0 Å². The van der Waals surface area contributed by atoms with Crippen LogP contribution in [-0.4, -0.2) is 29.2 Å². The molecule has 0 saturated carbocycles. The highest BCUT2D eigenvalue weighted by atomic mass is 16.6. The van der Waals surface area contributed by atoms with Gasteiger partial charge in [-0.05, 0) is 18.4 Å². The van der Waals surface area contributed by atoms with Gasteiger partial charge in [-0.1, -0.05) is 20.8 Å². The molecule has 1 atom stereocenters. The van der Waals surface area contributed by atoms with Crippen molar-refractivity contribution >= 4 is 17.1 Å². The molecule has 1 aromatic rings. The van der Waals surface area contributed by atoms with Crippen molar-refractivity contribution in [1.82, 2.24) is 0 Å². The molecule has 0 amide bonds. The van der Waals surface area contributed by atoms with Crippen LogP contribution in [0.2, 0.25) is 0 Å². The molecule has 0 heterocycles. The van der Waals surface area contributed by atoms with Crippen LogP contribution in [0.3, 0.4) is 0 Å². The van der Waals surface area contributed by atoms with Crippen LogP contribution < -0.4 is 10.6 Å². The fourth-order valence-electron chi connectivity index (χ4n) is 1.65. The molecule has 0 aliphatic rings. The van der Waals surface area contributed by atoms with Crippen molar-refractivity contribution < 1.29 is 10.0 Å². The first-order valence-corrected chi connectivity index (χ1v) is 6.89. The second-order valence-corrected chi connectivity index (χ2v) is 5.14. The third-order valence-corrected chi connectivity index (χ3v) is 2.99. The summed E-state index contributed by atoms with van der Waals surface area (Å²) in [7, 11) is 0. The Hall–Kier alpha value is -1.82. The monoisotopic (exact) mass is 281 g/mol. The number of rotatable bonds is 8. The predicted molar refractivity (Wildman–Crippen MR) is 81.2 cm³/mol. The summed E-state index contributed by atoms with van der Waals surface area (Å²) in [4.78, 5) is 10.5. The van der Waals surface area contributed by atoms with E-state index in [4.69, 9.17) is 0 Å². The SMILES string of the molecule is CCCNc1cc(NCC(O)C(C)C)cc([N+](=O)[O-])c1. The lowest BCUT2D eigenvalue weighted by molar-refractivity contribution is -0.384. The van der Waals surface area contributed by atoms with Crippen molar-refractivity contribution in [2.75, 3.05) is 23.7 Å². The van der Waals surface area contributed by atoms with E-state index in [2.05, 4.69) is 10.6 Å². The molecule has 112 valence electrons. The maximum absolute atomic E-state index is 10.9. The lowest BCUT2D eigenvalue weighted by Gasteiger charge is -2.16. The molecule has 6 nitrogen and oxygen atoms in total. The Labute approximate surface area is 119 Å². The topological polar surface area (TPSA) is 87.4 Å². The summed E-state index contributed by atoms with van der Waals surface area (Å²) in [6.45, 7) is 7.01. The Morgan fingerprint density at radius 3 is 2.35 bits per heavy atom. The summed E-state index contributed by atoms with van der Waals surface area (Å²) >= 11 is 0. The van der Waals surface area contributed by atoms with Gasteiger partial charge in [0.05, 0.1) is 11.0 Å². The van der Waals surface area contributed by atoms with Crippen LogP contribution in [0.4, 0.5) is 17.1 Å². The van der Waals surface area contributed by atoms with Crippen LogP contribution in [0, 0.1) is 16.0 Å². The Morgan fingerprint density at radius 2 is 1.85 bits per heavy atom. The molecule has 3 N–H and O–H groups in total. The number of hydrogen-bond donors (Lipinski definition) is 3. The van der Waals surface area contributed by atoms with Crippen molar-refractivity contribution in [2.24, 2.45) is 5.92 Å². The van der Waals surface area contributed by atoms with Gasteiger partial charge in [0.15, 0.2) is 0 Å². The molecule has 6 heteroatoms. The van der Waals surface area contributed by atoms with Crippen LogP contribution in [-0.2, 0) is 0 Å². The molecule has 1 unspecified atom stereocenters. The molecular weight excluding hydrogens is 258 g/mol. The number of hydrogen-bond acceptors (Lipinski definition) is 5. The van der Waals surface area contributed by atoms with Gasteiger partial charge in [-0.15, -0.1) is 0 Å². The Bertz CT molecular complexity index is 449. The molecule has 1 aromatic carbocycles. The van der Waals surface area contributed by atoms with E-state index in [-0.39, 0.29) is 11.6 Å². The number of non-ortho nitro benzene ring substituents is 1. The zero-order valence-corrected chi connectivity index (χ0v) is 12.2. The summed E-state index contributed by atoms with van der Waals surface area (Å²) in [5, 5.41) is 26.9. The van der Waals surface area contributed by atoms with Gasteiger partial charge in [0, 0.05) is 36.6 Å². The molecule has 1 rings (SSSR count). The van der Waals surface area contributed by atoms with E-state index in [1.54, 1.807) is 0 Å². The standard InChI is InChI=1S/C14H23N3O3/c1-4-5-15-11-6-12(8-13(7-11)17(19)20)16-9-14(18)10(2)3/h6-8,10,14-16,18H,4-5,9H2,1-3H3. The van der Waals surface area contributed by atoms with Crippen LogP contribution in [0.1, 0.15) is 27.2 Å². The predicted octanol–water partition coefficient (Wildman–Crippen LogP) is 2.85. The van der Waals surface area contributed by atoms with Gasteiger partial charge in [-0.3, -0.25) is 10.1 Å². The summed E-state index contributed by atoms with van der Waals surface area (Å²) < 4.78 is 0. The average molecular weight is 281 g/mol. The number of benzene rings is 1. The maximum Gasteiger partial charge on any atom is 0.273 e. The number of nitrogens with one attached hydrogen (secondary N) is 2. The van der Waals surface area contributed by atoms with Crippen LogP contribution in [0.15, 0.2) is 18.2 Å². The minimum atomic E-state index is -0.485. The van der Waals surface area contributed by atoms with E-state index in [1.807, 2.05) is 26.8 Å². The molecule has 0 bridgehead atoms. The molecule has 0 radical (unpaired) electrons. The van der Waals surface area contributed by atoms with E-state index in [9.17, 15) is 15.2 Å². The lowest BCUT2D eigenvalue weighted by atomic mass is 10.1. The third-order valence-electron chi connectivity index (χ3n) is 2.99. The van der Waals surface area contributed by atoms with Crippen molar-refractivity contribution in [3.05, 3.63) is 28.3 Å². The van der Waals surface area contributed by atoms with Gasteiger partial charge in [-0.25, -0.2) is 0 Å². The number of nitrogens with zero attached hydrogens (tertiary/aromatic N) is 1. The Morgan fingerprint density at radius 1 is 1.25 bits per heavy atom. The van der Waals surface area contributed by atoms with Crippen LogP contribution in [0.25, 0.3) is 0 Å².